The van der Waals surface area contributed by atoms with Crippen LogP contribution < -0.4 is 16.2 Å². The van der Waals surface area contributed by atoms with E-state index in [0.29, 0.717) is 10.8 Å². The maximum atomic E-state index is 11.1. The fraction of sp³-hybridized carbons (Fsp3) is 0.222. The Hall–Kier alpha value is -2.60. The first kappa shape index (κ1) is 16.3. The molecule has 5 nitrogen and oxygen atoms in total. The fourth-order valence-electron chi connectivity index (χ4n) is 2.62. The van der Waals surface area contributed by atoms with E-state index >= 15 is 0 Å². The van der Waals surface area contributed by atoms with E-state index in [9.17, 15) is 4.79 Å². The Balaban J connectivity index is 2.23. The highest BCUT2D eigenvalue weighted by molar-refractivity contribution is 7.21. The average molecular weight is 341 g/mol. The predicted octanol–water partition coefficient (Wildman–Crippen LogP) is 4.43. The number of carbonyl (C=O) groups is 1. The Labute approximate surface area is 144 Å². The monoisotopic (exact) mass is 341 g/mol. The predicted molar refractivity (Wildman–Crippen MR) is 98.5 cm³/mol. The quantitative estimate of drug-likeness (QED) is 0.737. The van der Waals surface area contributed by atoms with Crippen molar-refractivity contribution in [3.63, 3.8) is 0 Å². The van der Waals surface area contributed by atoms with Crippen LogP contribution in [0.2, 0.25) is 0 Å². The first-order chi connectivity index (χ1) is 11.4. The summed E-state index contributed by atoms with van der Waals surface area (Å²) >= 11 is 1.24. The molecule has 0 unspecified atom stereocenters. The number of carbonyl (C=O) groups excluding carboxylic acids is 1. The van der Waals surface area contributed by atoms with Gasteiger partial charge in [-0.2, -0.15) is 0 Å². The lowest BCUT2D eigenvalue weighted by atomic mass is 9.97. The van der Waals surface area contributed by atoms with Crippen molar-refractivity contribution in [3.8, 4) is 16.3 Å². The molecule has 0 spiro atoms. The van der Waals surface area contributed by atoms with E-state index in [1.165, 1.54) is 16.9 Å². The normalized spacial score (nSPS) is 11.2. The molecule has 0 radical (unpaired) electrons. The molecule has 3 aromatic rings. The number of pyridine rings is 1. The minimum Gasteiger partial charge on any atom is -0.397 e. The second-order valence-electron chi connectivity index (χ2n) is 6.02. The molecule has 0 saturated heterocycles. The third-order valence-electron chi connectivity index (χ3n) is 3.86. The van der Waals surface area contributed by atoms with Crippen LogP contribution in [0.15, 0.2) is 30.3 Å². The van der Waals surface area contributed by atoms with Gasteiger partial charge in [-0.25, -0.2) is 9.78 Å². The summed E-state index contributed by atoms with van der Waals surface area (Å²) in [4.78, 5) is 16.5. The van der Waals surface area contributed by atoms with Crippen molar-refractivity contribution in [1.29, 1.82) is 0 Å². The van der Waals surface area contributed by atoms with Crippen molar-refractivity contribution >= 4 is 33.3 Å². The summed E-state index contributed by atoms with van der Waals surface area (Å²) in [6.45, 7) is 6.24. The van der Waals surface area contributed by atoms with Crippen LogP contribution in [0.1, 0.15) is 30.9 Å². The number of nitrogens with zero attached hydrogens (tertiary/aromatic N) is 1. The van der Waals surface area contributed by atoms with Gasteiger partial charge in [0.25, 0.3) is 0 Å². The van der Waals surface area contributed by atoms with Crippen LogP contribution in [0.4, 0.5) is 10.5 Å². The third-order valence-corrected chi connectivity index (χ3v) is 4.84. The van der Waals surface area contributed by atoms with E-state index in [1.54, 1.807) is 0 Å². The molecular weight excluding hydrogens is 322 g/mol. The summed E-state index contributed by atoms with van der Waals surface area (Å²) in [5.41, 5.74) is 15.9. The SMILES string of the molecule is Cc1ccc(-c2cc(C(C)C)c3c(N)c(OC(N)=O)sc3n2)cc1. The van der Waals surface area contributed by atoms with E-state index in [1.807, 2.05) is 19.1 Å². The summed E-state index contributed by atoms with van der Waals surface area (Å²) in [6, 6.07) is 10.3. The standard InChI is InChI=1S/C18H19N3O2S/c1-9(2)12-8-13(11-6-4-10(3)5-7-11)21-16-14(12)15(19)17(24-16)23-18(20)22/h4-9H,19H2,1-3H3,(H2,20,22). The average Bonchev–Trinajstić information content (AvgIpc) is 2.82. The van der Waals surface area contributed by atoms with Gasteiger partial charge in [-0.3, -0.25) is 0 Å². The van der Waals surface area contributed by atoms with E-state index in [2.05, 4.69) is 32.0 Å². The zero-order valence-electron chi connectivity index (χ0n) is 13.8. The minimum absolute atomic E-state index is 0.248. The van der Waals surface area contributed by atoms with Crippen LogP contribution in [0, 0.1) is 6.92 Å². The molecule has 124 valence electrons. The van der Waals surface area contributed by atoms with E-state index < -0.39 is 6.09 Å². The van der Waals surface area contributed by atoms with Gasteiger partial charge >= 0.3 is 6.09 Å². The minimum atomic E-state index is -0.877. The summed E-state index contributed by atoms with van der Waals surface area (Å²) in [6.07, 6.45) is -0.877. The number of rotatable bonds is 3. The summed E-state index contributed by atoms with van der Waals surface area (Å²) in [5.74, 6) is 0.248. The molecule has 6 heteroatoms. The van der Waals surface area contributed by atoms with Gasteiger partial charge in [0.2, 0.25) is 5.06 Å². The third kappa shape index (κ3) is 2.92. The Morgan fingerprint density at radius 1 is 1.25 bits per heavy atom. The van der Waals surface area contributed by atoms with Crippen molar-refractivity contribution in [3.05, 3.63) is 41.5 Å². The molecule has 0 aliphatic rings. The highest BCUT2D eigenvalue weighted by Crippen LogP contribution is 2.43. The highest BCUT2D eigenvalue weighted by atomic mass is 32.1. The molecule has 0 aliphatic heterocycles. The lowest BCUT2D eigenvalue weighted by Crippen LogP contribution is -2.16. The topological polar surface area (TPSA) is 91.2 Å². The number of fused-ring (bicyclic) bond motifs is 1. The first-order valence-electron chi connectivity index (χ1n) is 7.64. The van der Waals surface area contributed by atoms with E-state index in [-0.39, 0.29) is 5.92 Å². The number of aromatic nitrogens is 1. The summed E-state index contributed by atoms with van der Waals surface area (Å²) in [5, 5.41) is 1.13. The Morgan fingerprint density at radius 3 is 2.50 bits per heavy atom. The van der Waals surface area contributed by atoms with Crippen molar-refractivity contribution in [1.82, 2.24) is 4.98 Å². The van der Waals surface area contributed by atoms with Crippen molar-refractivity contribution < 1.29 is 9.53 Å². The molecule has 1 aromatic carbocycles. The molecule has 1 amide bonds. The number of primary amides is 1. The number of nitrogens with two attached hydrogens (primary N) is 2. The van der Waals surface area contributed by atoms with Gasteiger partial charge in [0.05, 0.1) is 11.4 Å². The zero-order chi connectivity index (χ0) is 17.4. The van der Waals surface area contributed by atoms with Crippen LogP contribution in [-0.4, -0.2) is 11.1 Å². The van der Waals surface area contributed by atoms with Crippen LogP contribution >= 0.6 is 11.3 Å². The number of benzene rings is 1. The maximum absolute atomic E-state index is 11.1. The van der Waals surface area contributed by atoms with Crippen molar-refractivity contribution in [2.24, 2.45) is 5.73 Å². The molecule has 3 rings (SSSR count). The number of amides is 1. The molecule has 2 heterocycles. The van der Waals surface area contributed by atoms with Crippen LogP contribution in [0.5, 0.6) is 5.06 Å². The molecule has 4 N–H and O–H groups in total. The van der Waals surface area contributed by atoms with Crippen LogP contribution in [-0.2, 0) is 0 Å². The largest absolute Gasteiger partial charge is 0.410 e. The van der Waals surface area contributed by atoms with Crippen molar-refractivity contribution in [2.45, 2.75) is 26.7 Å². The number of hydrogen-bond donors (Lipinski definition) is 2. The fourth-order valence-corrected chi connectivity index (χ4v) is 3.61. The molecule has 0 saturated carbocycles. The van der Waals surface area contributed by atoms with Crippen molar-refractivity contribution in [2.75, 3.05) is 5.73 Å². The first-order valence-corrected chi connectivity index (χ1v) is 8.45. The van der Waals surface area contributed by atoms with Gasteiger partial charge in [0.1, 0.15) is 4.83 Å². The van der Waals surface area contributed by atoms with E-state index in [0.717, 1.165) is 27.0 Å². The van der Waals surface area contributed by atoms with Gasteiger partial charge in [-0.1, -0.05) is 55.0 Å². The Kier molecular flexibility index (Phi) is 4.15. The Bertz CT molecular complexity index is 914. The summed E-state index contributed by atoms with van der Waals surface area (Å²) in [7, 11) is 0. The van der Waals surface area contributed by atoms with Gasteiger partial charge in [-0.15, -0.1) is 0 Å². The number of nitrogen functional groups attached to an aromatic ring is 1. The molecule has 2 aromatic heterocycles. The Morgan fingerprint density at radius 2 is 1.92 bits per heavy atom. The van der Waals surface area contributed by atoms with Gasteiger partial charge in [0.15, 0.2) is 0 Å². The smallest absolute Gasteiger partial charge is 0.397 e. The lowest BCUT2D eigenvalue weighted by Gasteiger charge is -2.11. The number of hydrogen-bond acceptors (Lipinski definition) is 5. The molecule has 0 atom stereocenters. The second kappa shape index (κ2) is 6.13. The number of aryl methyl sites for hydroxylation is 1. The maximum Gasteiger partial charge on any atom is 0.410 e. The molecule has 0 aliphatic carbocycles. The lowest BCUT2D eigenvalue weighted by molar-refractivity contribution is 0.212. The molecular formula is C18H19N3O2S. The second-order valence-corrected chi connectivity index (χ2v) is 6.98. The number of ether oxygens (including phenoxy) is 1. The molecule has 0 bridgehead atoms. The van der Waals surface area contributed by atoms with Gasteiger partial charge < -0.3 is 16.2 Å². The van der Waals surface area contributed by atoms with Gasteiger partial charge in [-0.05, 0) is 24.5 Å². The molecule has 0 fully saturated rings. The van der Waals surface area contributed by atoms with Gasteiger partial charge in [0, 0.05) is 10.9 Å². The summed E-state index contributed by atoms with van der Waals surface area (Å²) < 4.78 is 5.02. The van der Waals surface area contributed by atoms with Crippen LogP contribution in [0.3, 0.4) is 0 Å². The zero-order valence-corrected chi connectivity index (χ0v) is 14.6. The number of anilines is 1. The number of thiophene rings is 1. The highest BCUT2D eigenvalue weighted by Gasteiger charge is 2.20. The molecule has 24 heavy (non-hydrogen) atoms. The van der Waals surface area contributed by atoms with Crippen LogP contribution in [0.25, 0.3) is 21.5 Å². The van der Waals surface area contributed by atoms with E-state index in [4.69, 9.17) is 21.2 Å².